The van der Waals surface area contributed by atoms with Crippen molar-refractivity contribution in [2.75, 3.05) is 5.33 Å². The molecule has 0 bridgehead atoms. The Bertz CT molecular complexity index is 310. The van der Waals surface area contributed by atoms with Gasteiger partial charge in [-0.1, -0.05) is 55.1 Å². The molecule has 6 heteroatoms. The fraction of sp³-hybridized carbons (Fsp3) is 0.500. The van der Waals surface area contributed by atoms with Gasteiger partial charge in [-0.3, -0.25) is 0 Å². The quantitative estimate of drug-likeness (QED) is 0.604. The molecular formula is C8H8Br2Cl2N2. The molecule has 1 atom stereocenters. The smallest absolute Gasteiger partial charge is 0.137 e. The molecule has 0 saturated heterocycles. The number of nitrogens with zero attached hydrogens (tertiary/aromatic N) is 2. The first kappa shape index (κ1) is 12.7. The van der Waals surface area contributed by atoms with E-state index >= 15 is 0 Å². The molecule has 0 fully saturated rings. The lowest BCUT2D eigenvalue weighted by atomic mass is 10.2. The average molecular weight is 363 g/mol. The summed E-state index contributed by atoms with van der Waals surface area (Å²) in [7, 11) is 0. The SMILES string of the molecule is Cc1nc(Cl)c(CC(Br)CBr)c(Cl)n1. The van der Waals surface area contributed by atoms with Gasteiger partial charge in [0.15, 0.2) is 0 Å². The van der Waals surface area contributed by atoms with Crippen molar-refractivity contribution in [3.05, 3.63) is 21.7 Å². The maximum Gasteiger partial charge on any atom is 0.137 e. The zero-order chi connectivity index (χ0) is 10.7. The lowest BCUT2D eigenvalue weighted by Gasteiger charge is -2.09. The highest BCUT2D eigenvalue weighted by molar-refractivity contribution is 9.12. The summed E-state index contributed by atoms with van der Waals surface area (Å²) in [6, 6.07) is 0. The minimum absolute atomic E-state index is 0.281. The number of aryl methyl sites for hydroxylation is 1. The normalized spacial score (nSPS) is 12.9. The van der Waals surface area contributed by atoms with Crippen LogP contribution < -0.4 is 0 Å². The molecule has 0 radical (unpaired) electrons. The molecule has 14 heavy (non-hydrogen) atoms. The van der Waals surface area contributed by atoms with Gasteiger partial charge < -0.3 is 0 Å². The van der Waals surface area contributed by atoms with Crippen molar-refractivity contribution in [2.24, 2.45) is 0 Å². The van der Waals surface area contributed by atoms with E-state index < -0.39 is 0 Å². The molecule has 0 aliphatic heterocycles. The lowest BCUT2D eigenvalue weighted by molar-refractivity contribution is 0.928. The average Bonchev–Trinajstić information content (AvgIpc) is 2.10. The van der Waals surface area contributed by atoms with Crippen LogP contribution in [0.15, 0.2) is 0 Å². The Balaban J connectivity index is 2.96. The van der Waals surface area contributed by atoms with E-state index in [4.69, 9.17) is 23.2 Å². The minimum Gasteiger partial charge on any atom is -0.221 e. The predicted molar refractivity (Wildman–Crippen MR) is 67.0 cm³/mol. The molecule has 0 N–H and O–H groups in total. The van der Waals surface area contributed by atoms with Crippen molar-refractivity contribution in [1.29, 1.82) is 0 Å². The number of alkyl halides is 2. The van der Waals surface area contributed by atoms with Crippen LogP contribution >= 0.6 is 55.1 Å². The first-order valence-electron chi connectivity index (χ1n) is 3.93. The van der Waals surface area contributed by atoms with Gasteiger partial charge in [0.2, 0.25) is 0 Å². The van der Waals surface area contributed by atoms with E-state index in [0.717, 1.165) is 10.9 Å². The van der Waals surface area contributed by atoms with E-state index in [1.807, 2.05) is 0 Å². The second kappa shape index (κ2) is 5.64. The lowest BCUT2D eigenvalue weighted by Crippen LogP contribution is -2.07. The summed E-state index contributed by atoms with van der Waals surface area (Å²) in [6.45, 7) is 1.76. The van der Waals surface area contributed by atoms with Gasteiger partial charge >= 0.3 is 0 Å². The third-order valence-electron chi connectivity index (χ3n) is 1.61. The van der Waals surface area contributed by atoms with Crippen molar-refractivity contribution < 1.29 is 0 Å². The molecule has 78 valence electrons. The van der Waals surface area contributed by atoms with Gasteiger partial charge in [-0.25, -0.2) is 9.97 Å². The molecule has 1 aromatic rings. The van der Waals surface area contributed by atoms with Crippen LogP contribution in [-0.2, 0) is 6.42 Å². The van der Waals surface area contributed by atoms with Gasteiger partial charge in [-0.15, -0.1) is 0 Å². The number of hydrogen-bond acceptors (Lipinski definition) is 2. The van der Waals surface area contributed by atoms with E-state index in [2.05, 4.69) is 41.8 Å². The fourth-order valence-corrected chi connectivity index (χ4v) is 2.15. The standard InChI is InChI=1S/C8H8Br2Cl2N2/c1-4-13-7(11)6(8(12)14-4)2-5(10)3-9/h5H,2-3H2,1H3. The van der Waals surface area contributed by atoms with Gasteiger partial charge in [-0.05, 0) is 13.3 Å². The second-order valence-corrected chi connectivity index (χ2v) is 5.45. The fourth-order valence-electron chi connectivity index (χ4n) is 0.974. The van der Waals surface area contributed by atoms with E-state index in [-0.39, 0.29) is 4.83 Å². The summed E-state index contributed by atoms with van der Waals surface area (Å²) in [4.78, 5) is 8.39. The third-order valence-corrected chi connectivity index (χ3v) is 4.53. The monoisotopic (exact) mass is 360 g/mol. The zero-order valence-electron chi connectivity index (χ0n) is 7.40. The number of aromatic nitrogens is 2. The molecule has 0 aliphatic carbocycles. The number of halogens is 4. The molecule has 2 nitrogen and oxygen atoms in total. The Kier molecular flexibility index (Phi) is 5.11. The summed E-state index contributed by atoms with van der Waals surface area (Å²) < 4.78 is 0. The van der Waals surface area contributed by atoms with E-state index in [1.165, 1.54) is 0 Å². The largest absolute Gasteiger partial charge is 0.221 e. The first-order valence-corrected chi connectivity index (χ1v) is 6.72. The summed E-state index contributed by atoms with van der Waals surface area (Å²) >= 11 is 18.8. The van der Waals surface area contributed by atoms with Crippen LogP contribution in [0.4, 0.5) is 0 Å². The van der Waals surface area contributed by atoms with Gasteiger partial charge in [0.1, 0.15) is 16.1 Å². The molecule has 0 amide bonds. The highest BCUT2D eigenvalue weighted by Gasteiger charge is 2.13. The highest BCUT2D eigenvalue weighted by atomic mass is 79.9. The molecule has 0 aliphatic rings. The third kappa shape index (κ3) is 3.33. The van der Waals surface area contributed by atoms with Crippen molar-refractivity contribution in [2.45, 2.75) is 18.2 Å². The Hall–Kier alpha value is 0.620. The summed E-state index contributed by atoms with van der Waals surface area (Å²) in [6.07, 6.45) is 0.712. The predicted octanol–water partition coefficient (Wildman–Crippen LogP) is 3.79. The van der Waals surface area contributed by atoms with Crippen molar-refractivity contribution in [3.8, 4) is 0 Å². The second-order valence-electron chi connectivity index (χ2n) is 2.79. The highest BCUT2D eigenvalue weighted by Crippen LogP contribution is 2.24. The van der Waals surface area contributed by atoms with E-state index in [9.17, 15) is 0 Å². The van der Waals surface area contributed by atoms with Crippen molar-refractivity contribution >= 4 is 55.1 Å². The van der Waals surface area contributed by atoms with Gasteiger partial charge in [-0.2, -0.15) is 0 Å². The van der Waals surface area contributed by atoms with Crippen LogP contribution in [-0.4, -0.2) is 20.1 Å². The molecular weight excluding hydrogens is 355 g/mol. The molecule has 0 aromatic carbocycles. The minimum atomic E-state index is 0.281. The Morgan fingerprint density at radius 2 is 1.79 bits per heavy atom. The number of hydrogen-bond donors (Lipinski definition) is 0. The Morgan fingerprint density at radius 3 is 2.21 bits per heavy atom. The topological polar surface area (TPSA) is 25.8 Å². The van der Waals surface area contributed by atoms with Crippen LogP contribution in [0.3, 0.4) is 0 Å². The Morgan fingerprint density at radius 1 is 1.29 bits per heavy atom. The van der Waals surface area contributed by atoms with E-state index in [0.29, 0.717) is 22.6 Å². The van der Waals surface area contributed by atoms with Crippen LogP contribution in [0.25, 0.3) is 0 Å². The van der Waals surface area contributed by atoms with Gasteiger partial charge in [0.25, 0.3) is 0 Å². The maximum absolute atomic E-state index is 5.96. The van der Waals surface area contributed by atoms with Crippen molar-refractivity contribution in [1.82, 2.24) is 9.97 Å². The van der Waals surface area contributed by atoms with Crippen LogP contribution in [0.5, 0.6) is 0 Å². The Labute approximate surface area is 110 Å². The van der Waals surface area contributed by atoms with Crippen LogP contribution in [0.2, 0.25) is 10.3 Å². The van der Waals surface area contributed by atoms with Crippen LogP contribution in [0.1, 0.15) is 11.4 Å². The maximum atomic E-state index is 5.96. The molecule has 1 rings (SSSR count). The molecule has 1 unspecified atom stereocenters. The first-order chi connectivity index (χ1) is 6.54. The summed E-state index contributed by atoms with van der Waals surface area (Å²) in [5, 5.41) is 1.70. The van der Waals surface area contributed by atoms with Gasteiger partial charge in [0, 0.05) is 15.7 Å². The zero-order valence-corrected chi connectivity index (χ0v) is 12.1. The molecule has 0 saturated carbocycles. The molecule has 0 spiro atoms. The molecule has 1 aromatic heterocycles. The van der Waals surface area contributed by atoms with E-state index in [1.54, 1.807) is 6.92 Å². The summed E-state index contributed by atoms with van der Waals surface area (Å²) in [5.74, 6) is 0.591. The number of rotatable bonds is 3. The molecule has 1 heterocycles. The van der Waals surface area contributed by atoms with Crippen molar-refractivity contribution in [3.63, 3.8) is 0 Å². The summed E-state index contributed by atoms with van der Waals surface area (Å²) in [5.41, 5.74) is 0.792. The van der Waals surface area contributed by atoms with Gasteiger partial charge in [0.05, 0.1) is 0 Å². The van der Waals surface area contributed by atoms with Crippen LogP contribution in [0, 0.1) is 6.92 Å².